The number of carbonyl (C=O) groups excluding carboxylic acids is 1. The van der Waals surface area contributed by atoms with Crippen LogP contribution in [0.5, 0.6) is 11.5 Å². The summed E-state index contributed by atoms with van der Waals surface area (Å²) >= 11 is 0. The molecular weight excluding hydrogens is 284 g/mol. The Balaban J connectivity index is 1.56. The number of para-hydroxylation sites is 2. The van der Waals surface area contributed by atoms with Crippen molar-refractivity contribution in [1.82, 2.24) is 9.88 Å². The summed E-state index contributed by atoms with van der Waals surface area (Å²) in [5, 5.41) is 12.8. The second-order valence-corrected chi connectivity index (χ2v) is 5.17. The topological polar surface area (TPSA) is 72.7 Å². The minimum absolute atomic E-state index is 0.123. The van der Waals surface area contributed by atoms with Crippen LogP contribution in [0.4, 0.5) is 0 Å². The van der Waals surface area contributed by atoms with Crippen molar-refractivity contribution in [2.45, 2.75) is 12.2 Å². The summed E-state index contributed by atoms with van der Waals surface area (Å²) in [6, 6.07) is 10.9. The maximum atomic E-state index is 12.1. The third kappa shape index (κ3) is 2.92. The van der Waals surface area contributed by atoms with E-state index < -0.39 is 12.2 Å². The lowest BCUT2D eigenvalue weighted by Crippen LogP contribution is -2.45. The highest BCUT2D eigenvalue weighted by molar-refractivity contribution is 5.81. The second kappa shape index (κ2) is 6.11. The molecule has 1 aliphatic heterocycles. The van der Waals surface area contributed by atoms with Crippen molar-refractivity contribution in [3.05, 3.63) is 48.3 Å². The van der Waals surface area contributed by atoms with Crippen LogP contribution in [-0.2, 0) is 11.8 Å². The summed E-state index contributed by atoms with van der Waals surface area (Å²) in [6.07, 6.45) is 0.367. The monoisotopic (exact) mass is 302 g/mol. The molecule has 2 N–H and O–H groups in total. The fraction of sp³-hybridized carbons (Fsp3) is 0.312. The number of carbonyl (C=O) groups is 1. The number of aliphatic hydroxyl groups excluding tert-OH is 1. The molecule has 0 radical (unpaired) electrons. The summed E-state index contributed by atoms with van der Waals surface area (Å²) in [5.74, 6) is 0.884. The quantitative estimate of drug-likeness (QED) is 0.884. The molecule has 0 saturated heterocycles. The van der Waals surface area contributed by atoms with Gasteiger partial charge in [-0.2, -0.15) is 0 Å². The Morgan fingerprint density at radius 2 is 2.14 bits per heavy atom. The number of aryl methyl sites for hydroxylation is 1. The average molecular weight is 302 g/mol. The van der Waals surface area contributed by atoms with Crippen molar-refractivity contribution in [3.8, 4) is 11.5 Å². The Hall–Kier alpha value is -2.47. The Morgan fingerprint density at radius 1 is 1.36 bits per heavy atom. The summed E-state index contributed by atoms with van der Waals surface area (Å²) in [5.41, 5.74) is 0.742. The van der Waals surface area contributed by atoms with E-state index in [-0.39, 0.29) is 19.1 Å². The van der Waals surface area contributed by atoms with Gasteiger partial charge in [-0.3, -0.25) is 4.79 Å². The van der Waals surface area contributed by atoms with Gasteiger partial charge in [-0.25, -0.2) is 0 Å². The molecule has 2 aromatic rings. The predicted molar refractivity (Wildman–Crippen MR) is 79.7 cm³/mol. The van der Waals surface area contributed by atoms with E-state index in [0.29, 0.717) is 11.5 Å². The van der Waals surface area contributed by atoms with Crippen LogP contribution in [0.3, 0.4) is 0 Å². The van der Waals surface area contributed by atoms with E-state index in [1.807, 2.05) is 42.1 Å². The summed E-state index contributed by atoms with van der Waals surface area (Å²) in [4.78, 5) is 12.1. The number of nitrogens with one attached hydrogen (secondary N) is 1. The fourth-order valence-electron chi connectivity index (χ4n) is 2.38. The zero-order valence-corrected chi connectivity index (χ0v) is 12.2. The number of fused-ring (bicyclic) bond motifs is 1. The van der Waals surface area contributed by atoms with E-state index >= 15 is 0 Å². The van der Waals surface area contributed by atoms with Crippen molar-refractivity contribution in [1.29, 1.82) is 0 Å². The van der Waals surface area contributed by atoms with Crippen molar-refractivity contribution >= 4 is 5.91 Å². The first kappa shape index (κ1) is 14.5. The van der Waals surface area contributed by atoms with E-state index in [2.05, 4.69) is 5.32 Å². The summed E-state index contributed by atoms with van der Waals surface area (Å²) in [6.45, 7) is 0.279. The average Bonchev–Trinajstić information content (AvgIpc) is 2.98. The predicted octanol–water partition coefficient (Wildman–Crippen LogP) is 1.01. The number of aliphatic hydroxyl groups is 1. The van der Waals surface area contributed by atoms with Crippen LogP contribution in [0.2, 0.25) is 0 Å². The van der Waals surface area contributed by atoms with Gasteiger partial charge in [0.1, 0.15) is 12.7 Å². The van der Waals surface area contributed by atoms with E-state index in [4.69, 9.17) is 9.47 Å². The first-order chi connectivity index (χ1) is 10.6. The standard InChI is InChI=1S/C16H18N2O4/c1-18-8-4-5-11(18)12(19)9-17-16(20)15-10-21-13-6-2-3-7-14(13)22-15/h2-8,12,15,19H,9-10H2,1H3,(H,17,20)/t12-,15+/m0/s1. The Labute approximate surface area is 128 Å². The molecule has 0 spiro atoms. The normalized spacial score (nSPS) is 17.8. The molecule has 116 valence electrons. The van der Waals surface area contributed by atoms with Gasteiger partial charge in [0.2, 0.25) is 6.10 Å². The molecular formula is C16H18N2O4. The van der Waals surface area contributed by atoms with Crippen molar-refractivity contribution < 1.29 is 19.4 Å². The lowest BCUT2D eigenvalue weighted by molar-refractivity contribution is -0.130. The van der Waals surface area contributed by atoms with Gasteiger partial charge in [0.25, 0.3) is 5.91 Å². The molecule has 2 atom stereocenters. The maximum absolute atomic E-state index is 12.1. The van der Waals surface area contributed by atoms with E-state index in [9.17, 15) is 9.90 Å². The number of amides is 1. The zero-order valence-electron chi connectivity index (χ0n) is 12.2. The molecule has 0 fully saturated rings. The maximum Gasteiger partial charge on any atom is 0.264 e. The van der Waals surface area contributed by atoms with Gasteiger partial charge in [-0.05, 0) is 24.3 Å². The van der Waals surface area contributed by atoms with Crippen LogP contribution < -0.4 is 14.8 Å². The first-order valence-corrected chi connectivity index (χ1v) is 7.10. The van der Waals surface area contributed by atoms with Crippen molar-refractivity contribution in [2.75, 3.05) is 13.2 Å². The highest BCUT2D eigenvalue weighted by Gasteiger charge is 2.27. The lowest BCUT2D eigenvalue weighted by Gasteiger charge is -2.26. The number of aromatic nitrogens is 1. The molecule has 1 amide bonds. The van der Waals surface area contributed by atoms with Crippen LogP contribution in [0.1, 0.15) is 11.8 Å². The molecule has 0 bridgehead atoms. The zero-order chi connectivity index (χ0) is 15.5. The number of rotatable bonds is 4. The molecule has 0 unspecified atom stereocenters. The van der Waals surface area contributed by atoms with Gasteiger partial charge in [0, 0.05) is 25.5 Å². The largest absolute Gasteiger partial charge is 0.485 e. The van der Waals surface area contributed by atoms with Crippen LogP contribution >= 0.6 is 0 Å². The lowest BCUT2D eigenvalue weighted by atomic mass is 10.2. The first-order valence-electron chi connectivity index (χ1n) is 7.10. The third-order valence-corrected chi connectivity index (χ3v) is 3.60. The van der Waals surface area contributed by atoms with Crippen LogP contribution in [0, 0.1) is 0 Å². The SMILES string of the molecule is Cn1cccc1[C@@H](O)CNC(=O)[C@H]1COc2ccccc2O1. The minimum Gasteiger partial charge on any atom is -0.485 e. The summed E-state index contributed by atoms with van der Waals surface area (Å²) < 4.78 is 12.9. The third-order valence-electron chi connectivity index (χ3n) is 3.60. The molecule has 3 rings (SSSR count). The van der Waals surface area contributed by atoms with Crippen molar-refractivity contribution in [3.63, 3.8) is 0 Å². The molecule has 0 aliphatic carbocycles. The van der Waals surface area contributed by atoms with E-state index in [1.54, 1.807) is 12.1 Å². The van der Waals surface area contributed by atoms with Gasteiger partial charge in [0.15, 0.2) is 11.5 Å². The van der Waals surface area contributed by atoms with Crippen LogP contribution in [-0.4, -0.2) is 34.8 Å². The summed E-state index contributed by atoms with van der Waals surface area (Å²) in [7, 11) is 1.84. The second-order valence-electron chi connectivity index (χ2n) is 5.17. The molecule has 1 aromatic heterocycles. The van der Waals surface area contributed by atoms with Gasteiger partial charge in [-0.15, -0.1) is 0 Å². The van der Waals surface area contributed by atoms with Gasteiger partial charge < -0.3 is 24.5 Å². The molecule has 1 aliphatic rings. The molecule has 0 saturated carbocycles. The van der Waals surface area contributed by atoms with E-state index in [1.165, 1.54) is 0 Å². The number of ether oxygens (including phenoxy) is 2. The van der Waals surface area contributed by atoms with Gasteiger partial charge in [-0.1, -0.05) is 12.1 Å². The molecule has 22 heavy (non-hydrogen) atoms. The van der Waals surface area contributed by atoms with Gasteiger partial charge in [0.05, 0.1) is 0 Å². The molecule has 6 nitrogen and oxygen atoms in total. The molecule has 2 heterocycles. The smallest absolute Gasteiger partial charge is 0.264 e. The number of benzene rings is 1. The van der Waals surface area contributed by atoms with Crippen molar-refractivity contribution in [2.24, 2.45) is 7.05 Å². The fourth-order valence-corrected chi connectivity index (χ4v) is 2.38. The molecule has 6 heteroatoms. The minimum atomic E-state index is -0.763. The van der Waals surface area contributed by atoms with Crippen LogP contribution in [0.15, 0.2) is 42.6 Å². The Kier molecular flexibility index (Phi) is 4.02. The van der Waals surface area contributed by atoms with E-state index in [0.717, 1.165) is 5.69 Å². The number of hydrogen-bond acceptors (Lipinski definition) is 4. The Morgan fingerprint density at radius 3 is 2.86 bits per heavy atom. The van der Waals surface area contributed by atoms with Gasteiger partial charge >= 0.3 is 0 Å². The highest BCUT2D eigenvalue weighted by atomic mass is 16.6. The highest BCUT2D eigenvalue weighted by Crippen LogP contribution is 2.30. The number of hydrogen-bond donors (Lipinski definition) is 2. The Bertz CT molecular complexity index is 668. The number of nitrogens with zero attached hydrogens (tertiary/aromatic N) is 1. The van der Waals surface area contributed by atoms with Crippen LogP contribution in [0.25, 0.3) is 0 Å². The molecule has 1 aromatic carbocycles.